The third kappa shape index (κ3) is 3.66. The molecule has 0 unspecified atom stereocenters. The third-order valence-electron chi connectivity index (χ3n) is 1.87. The van der Waals surface area contributed by atoms with Crippen LogP contribution < -0.4 is 10.6 Å². The van der Waals surface area contributed by atoms with Crippen molar-refractivity contribution in [3.63, 3.8) is 0 Å². The summed E-state index contributed by atoms with van der Waals surface area (Å²) in [6, 6.07) is 2.85. The van der Waals surface area contributed by atoms with E-state index in [9.17, 15) is 9.59 Å². The first-order valence-electron chi connectivity index (χ1n) is 4.77. The van der Waals surface area contributed by atoms with Gasteiger partial charge < -0.3 is 15.7 Å². The van der Waals surface area contributed by atoms with Gasteiger partial charge in [-0.3, -0.25) is 4.79 Å². The first-order valence-corrected chi connectivity index (χ1v) is 4.77. The summed E-state index contributed by atoms with van der Waals surface area (Å²) in [6.45, 7) is 0.590. The van der Waals surface area contributed by atoms with Gasteiger partial charge in [-0.15, -0.1) is 0 Å². The monoisotopic (exact) mass is 223 g/mol. The van der Waals surface area contributed by atoms with Crippen LogP contribution in [-0.4, -0.2) is 35.6 Å². The van der Waals surface area contributed by atoms with Gasteiger partial charge in [0.1, 0.15) is 5.69 Å². The second kappa shape index (κ2) is 5.82. The highest BCUT2D eigenvalue weighted by molar-refractivity contribution is 5.91. The van der Waals surface area contributed by atoms with Crippen molar-refractivity contribution >= 4 is 17.6 Å². The molecule has 0 aliphatic carbocycles. The Morgan fingerprint density at radius 1 is 1.44 bits per heavy atom. The highest BCUT2D eigenvalue weighted by Gasteiger charge is 2.05. The Hall–Kier alpha value is -1.95. The molecule has 6 heteroatoms. The maximum absolute atomic E-state index is 11.3. The summed E-state index contributed by atoms with van der Waals surface area (Å²) in [5, 5.41) is 14.1. The second-order valence-electron chi connectivity index (χ2n) is 3.14. The predicted octanol–water partition coefficient (Wildman–Crippen LogP) is 0.328. The van der Waals surface area contributed by atoms with E-state index in [2.05, 4.69) is 15.6 Å². The number of nitrogens with one attached hydrogen (secondary N) is 2. The maximum atomic E-state index is 11.3. The van der Waals surface area contributed by atoms with Gasteiger partial charge in [0.2, 0.25) is 5.91 Å². The summed E-state index contributed by atoms with van der Waals surface area (Å²) in [6.07, 6.45) is 1.68. The molecule has 0 spiro atoms. The molecule has 3 N–H and O–H groups in total. The number of anilines is 1. The molecule has 0 radical (unpaired) electrons. The first-order chi connectivity index (χ1) is 7.63. The number of hydrogen-bond donors (Lipinski definition) is 3. The van der Waals surface area contributed by atoms with Crippen LogP contribution in [0.4, 0.5) is 5.69 Å². The number of pyridine rings is 1. The largest absolute Gasteiger partial charge is 0.477 e. The number of hydrogen-bond acceptors (Lipinski definition) is 4. The number of nitrogens with zero attached hydrogens (tertiary/aromatic N) is 1. The van der Waals surface area contributed by atoms with E-state index in [0.29, 0.717) is 18.7 Å². The molecule has 0 atom stereocenters. The lowest BCUT2D eigenvalue weighted by atomic mass is 10.3. The lowest BCUT2D eigenvalue weighted by molar-refractivity contribution is -0.116. The van der Waals surface area contributed by atoms with Crippen LogP contribution >= 0.6 is 0 Å². The molecule has 1 aromatic heterocycles. The van der Waals surface area contributed by atoms with Gasteiger partial charge in [0, 0.05) is 13.0 Å². The van der Waals surface area contributed by atoms with E-state index < -0.39 is 5.97 Å². The zero-order valence-corrected chi connectivity index (χ0v) is 8.86. The van der Waals surface area contributed by atoms with Crippen LogP contribution in [0.15, 0.2) is 18.3 Å². The zero-order chi connectivity index (χ0) is 12.0. The van der Waals surface area contributed by atoms with Crippen LogP contribution in [0.3, 0.4) is 0 Å². The molecular formula is C10H13N3O3. The number of amides is 1. The van der Waals surface area contributed by atoms with Crippen molar-refractivity contribution in [1.82, 2.24) is 10.3 Å². The number of aromatic nitrogens is 1. The molecule has 86 valence electrons. The molecular weight excluding hydrogens is 210 g/mol. The standard InChI is InChI=1S/C10H13N3O3/c1-11-5-4-9(14)13-7-2-3-8(10(15)16)12-6-7/h2-3,6,11H,4-5H2,1H3,(H,13,14)(H,15,16). The van der Waals surface area contributed by atoms with Crippen molar-refractivity contribution in [3.8, 4) is 0 Å². The minimum Gasteiger partial charge on any atom is -0.477 e. The molecule has 1 amide bonds. The number of carbonyl (C=O) groups excluding carboxylic acids is 1. The molecule has 1 rings (SSSR count). The highest BCUT2D eigenvalue weighted by Crippen LogP contribution is 2.06. The van der Waals surface area contributed by atoms with Gasteiger partial charge >= 0.3 is 5.97 Å². The van der Waals surface area contributed by atoms with Gasteiger partial charge in [-0.1, -0.05) is 0 Å². The van der Waals surface area contributed by atoms with Crippen molar-refractivity contribution in [2.45, 2.75) is 6.42 Å². The minimum atomic E-state index is -1.09. The van der Waals surface area contributed by atoms with Crippen molar-refractivity contribution in [2.24, 2.45) is 0 Å². The zero-order valence-electron chi connectivity index (χ0n) is 8.86. The van der Waals surface area contributed by atoms with Gasteiger partial charge in [-0.2, -0.15) is 0 Å². The second-order valence-corrected chi connectivity index (χ2v) is 3.14. The highest BCUT2D eigenvalue weighted by atomic mass is 16.4. The fraction of sp³-hybridized carbons (Fsp3) is 0.300. The first kappa shape index (κ1) is 12.1. The van der Waals surface area contributed by atoms with Crippen LogP contribution in [0.5, 0.6) is 0 Å². The number of aromatic carboxylic acids is 1. The summed E-state index contributed by atoms with van der Waals surface area (Å²) in [4.78, 5) is 25.5. The number of carboxylic acids is 1. The van der Waals surface area contributed by atoms with Crippen molar-refractivity contribution < 1.29 is 14.7 Å². The minimum absolute atomic E-state index is 0.0479. The molecule has 0 aliphatic heterocycles. The molecule has 0 saturated carbocycles. The number of carbonyl (C=O) groups is 2. The summed E-state index contributed by atoms with van der Waals surface area (Å²) in [5.74, 6) is -1.23. The number of rotatable bonds is 5. The molecule has 0 saturated heterocycles. The fourth-order valence-corrected chi connectivity index (χ4v) is 1.06. The van der Waals surface area contributed by atoms with E-state index in [1.807, 2.05) is 0 Å². The Morgan fingerprint density at radius 2 is 2.19 bits per heavy atom. The average Bonchev–Trinajstić information content (AvgIpc) is 2.27. The van der Waals surface area contributed by atoms with E-state index in [1.54, 1.807) is 7.05 Å². The Kier molecular flexibility index (Phi) is 4.41. The topological polar surface area (TPSA) is 91.3 Å². The smallest absolute Gasteiger partial charge is 0.354 e. The van der Waals surface area contributed by atoms with Crippen molar-refractivity contribution in [2.75, 3.05) is 18.9 Å². The third-order valence-corrected chi connectivity index (χ3v) is 1.87. The van der Waals surface area contributed by atoms with Crippen LogP contribution in [0.25, 0.3) is 0 Å². The van der Waals surface area contributed by atoms with E-state index in [0.717, 1.165) is 0 Å². The van der Waals surface area contributed by atoms with Crippen molar-refractivity contribution in [3.05, 3.63) is 24.0 Å². The van der Waals surface area contributed by atoms with Crippen LogP contribution in [0.1, 0.15) is 16.9 Å². The fourth-order valence-electron chi connectivity index (χ4n) is 1.06. The van der Waals surface area contributed by atoms with Crippen LogP contribution in [0.2, 0.25) is 0 Å². The van der Waals surface area contributed by atoms with Gasteiger partial charge in [0.05, 0.1) is 11.9 Å². The van der Waals surface area contributed by atoms with E-state index in [4.69, 9.17) is 5.11 Å². The van der Waals surface area contributed by atoms with Gasteiger partial charge in [-0.25, -0.2) is 9.78 Å². The molecule has 0 bridgehead atoms. The molecule has 16 heavy (non-hydrogen) atoms. The van der Waals surface area contributed by atoms with Gasteiger partial charge in [0.15, 0.2) is 0 Å². The van der Waals surface area contributed by atoms with Gasteiger partial charge in [0.25, 0.3) is 0 Å². The molecule has 1 heterocycles. The Labute approximate surface area is 92.7 Å². The van der Waals surface area contributed by atoms with Crippen LogP contribution in [-0.2, 0) is 4.79 Å². The molecule has 6 nitrogen and oxygen atoms in total. The lowest BCUT2D eigenvalue weighted by Crippen LogP contribution is -2.18. The van der Waals surface area contributed by atoms with E-state index in [1.165, 1.54) is 18.3 Å². The van der Waals surface area contributed by atoms with Gasteiger partial charge in [-0.05, 0) is 19.2 Å². The van der Waals surface area contributed by atoms with Crippen molar-refractivity contribution in [1.29, 1.82) is 0 Å². The summed E-state index contributed by atoms with van der Waals surface area (Å²) < 4.78 is 0. The quantitative estimate of drug-likeness (QED) is 0.669. The Balaban J connectivity index is 2.55. The molecule has 0 fully saturated rings. The Morgan fingerprint density at radius 3 is 2.69 bits per heavy atom. The summed E-state index contributed by atoms with van der Waals surface area (Å²) in [7, 11) is 1.76. The average molecular weight is 223 g/mol. The summed E-state index contributed by atoms with van der Waals surface area (Å²) in [5.41, 5.74) is 0.444. The lowest BCUT2D eigenvalue weighted by Gasteiger charge is -2.04. The normalized spacial score (nSPS) is 9.81. The van der Waals surface area contributed by atoms with E-state index >= 15 is 0 Å². The predicted molar refractivity (Wildman–Crippen MR) is 58.4 cm³/mol. The van der Waals surface area contributed by atoms with Crippen LogP contribution in [0, 0.1) is 0 Å². The molecule has 1 aromatic rings. The molecule has 0 aliphatic rings. The molecule has 0 aromatic carbocycles. The maximum Gasteiger partial charge on any atom is 0.354 e. The number of carboxylic acid groups (broad SMARTS) is 1. The van der Waals surface area contributed by atoms with E-state index in [-0.39, 0.29) is 11.6 Å². The summed E-state index contributed by atoms with van der Waals surface area (Å²) >= 11 is 0. The SMILES string of the molecule is CNCCC(=O)Nc1ccc(C(=O)O)nc1. The Bertz CT molecular complexity index is 375.